The predicted octanol–water partition coefficient (Wildman–Crippen LogP) is 4.00. The fourth-order valence-corrected chi connectivity index (χ4v) is 3.40. The molecule has 0 radical (unpaired) electrons. The van der Waals surface area contributed by atoms with E-state index < -0.39 is 0 Å². The van der Waals surface area contributed by atoms with Gasteiger partial charge in [-0.3, -0.25) is 4.79 Å². The van der Waals surface area contributed by atoms with Crippen LogP contribution in [0.15, 0.2) is 24.3 Å². The molecular weight excluding hydrogens is 260 g/mol. The first-order valence-electron chi connectivity index (χ1n) is 4.31. The summed E-state index contributed by atoms with van der Waals surface area (Å²) in [5.74, 6) is 0.153. The highest BCUT2D eigenvalue weighted by atomic mass is 79.9. The van der Waals surface area contributed by atoms with Crippen LogP contribution in [0.4, 0.5) is 0 Å². The van der Waals surface area contributed by atoms with Crippen LogP contribution in [-0.4, -0.2) is 5.78 Å². The Morgan fingerprint density at radius 2 is 2.14 bits per heavy atom. The molecule has 0 bridgehead atoms. The zero-order valence-corrected chi connectivity index (χ0v) is 10.1. The van der Waals surface area contributed by atoms with Crippen molar-refractivity contribution in [2.45, 2.75) is 12.3 Å². The van der Waals surface area contributed by atoms with Crippen molar-refractivity contribution in [1.29, 1.82) is 0 Å². The summed E-state index contributed by atoms with van der Waals surface area (Å²) in [4.78, 5) is 12.3. The number of ketones is 1. The van der Waals surface area contributed by atoms with Crippen molar-refractivity contribution in [3.8, 4) is 0 Å². The molecule has 72 valence electrons. The van der Waals surface area contributed by atoms with E-state index in [9.17, 15) is 4.79 Å². The van der Waals surface area contributed by atoms with Gasteiger partial charge in [0, 0.05) is 10.0 Å². The zero-order valence-electron chi connectivity index (χ0n) is 7.71. The lowest BCUT2D eigenvalue weighted by atomic mass is 10.1. The minimum Gasteiger partial charge on any atom is -0.294 e. The van der Waals surface area contributed by atoms with Gasteiger partial charge in [-0.25, -0.2) is 0 Å². The van der Waals surface area contributed by atoms with Crippen LogP contribution in [0.3, 0.4) is 0 Å². The van der Waals surface area contributed by atoms with Gasteiger partial charge in [-0.1, -0.05) is 34.1 Å². The fraction of sp³-hybridized carbons (Fsp3) is 0.182. The molecule has 2 aromatic rings. The van der Waals surface area contributed by atoms with Crippen LogP contribution in [0.25, 0.3) is 10.1 Å². The molecule has 1 heterocycles. The number of fused-ring (bicyclic) bond motifs is 1. The second-order valence-electron chi connectivity index (χ2n) is 3.10. The van der Waals surface area contributed by atoms with Crippen molar-refractivity contribution >= 4 is 43.1 Å². The molecule has 0 aliphatic heterocycles. The average molecular weight is 269 g/mol. The van der Waals surface area contributed by atoms with Crippen molar-refractivity contribution in [3.63, 3.8) is 0 Å². The third-order valence-corrected chi connectivity index (χ3v) is 4.03. The van der Waals surface area contributed by atoms with Crippen LogP contribution < -0.4 is 0 Å². The van der Waals surface area contributed by atoms with E-state index in [1.165, 1.54) is 10.1 Å². The maximum absolute atomic E-state index is 11.4. The topological polar surface area (TPSA) is 17.1 Å². The highest BCUT2D eigenvalue weighted by molar-refractivity contribution is 9.08. The van der Waals surface area contributed by atoms with Crippen LogP contribution in [-0.2, 0) is 5.33 Å². The maximum Gasteiger partial charge on any atom is 0.170 e. The number of halogens is 1. The van der Waals surface area contributed by atoms with Gasteiger partial charge in [0.2, 0.25) is 0 Å². The Labute approximate surface area is 94.9 Å². The molecule has 0 amide bonds. The van der Waals surface area contributed by atoms with E-state index in [0.29, 0.717) is 0 Å². The number of thiophene rings is 1. The lowest BCUT2D eigenvalue weighted by molar-refractivity contribution is 0.102. The van der Waals surface area contributed by atoms with E-state index >= 15 is 0 Å². The molecule has 0 aliphatic carbocycles. The Balaban J connectivity index is 2.78. The third-order valence-electron chi connectivity index (χ3n) is 2.15. The summed E-state index contributed by atoms with van der Waals surface area (Å²) in [6, 6.07) is 8.12. The van der Waals surface area contributed by atoms with Gasteiger partial charge >= 0.3 is 0 Å². The van der Waals surface area contributed by atoms with Gasteiger partial charge in [0.1, 0.15) is 0 Å². The smallest absolute Gasteiger partial charge is 0.170 e. The van der Waals surface area contributed by atoms with Crippen LogP contribution in [0, 0.1) is 0 Å². The van der Waals surface area contributed by atoms with E-state index in [1.807, 2.05) is 12.1 Å². The van der Waals surface area contributed by atoms with E-state index in [1.54, 1.807) is 18.3 Å². The molecule has 0 N–H and O–H groups in total. The molecule has 0 fully saturated rings. The van der Waals surface area contributed by atoms with E-state index in [2.05, 4.69) is 28.1 Å². The van der Waals surface area contributed by atoms with Gasteiger partial charge in [0.15, 0.2) is 5.78 Å². The van der Waals surface area contributed by atoms with Crippen LogP contribution in [0.5, 0.6) is 0 Å². The first kappa shape index (κ1) is 9.87. The predicted molar refractivity (Wildman–Crippen MR) is 64.5 cm³/mol. The Morgan fingerprint density at radius 1 is 1.43 bits per heavy atom. The molecule has 1 aromatic heterocycles. The lowest BCUT2D eigenvalue weighted by Gasteiger charge is -1.95. The highest BCUT2D eigenvalue weighted by Gasteiger charge is 2.13. The second-order valence-corrected chi connectivity index (χ2v) is 4.71. The summed E-state index contributed by atoms with van der Waals surface area (Å²) in [6.07, 6.45) is 0. The van der Waals surface area contributed by atoms with E-state index in [0.717, 1.165) is 15.8 Å². The summed E-state index contributed by atoms with van der Waals surface area (Å²) >= 11 is 5.01. The quantitative estimate of drug-likeness (QED) is 0.595. The molecule has 1 nitrogen and oxygen atoms in total. The van der Waals surface area contributed by atoms with Crippen molar-refractivity contribution in [2.75, 3.05) is 0 Å². The monoisotopic (exact) mass is 268 g/mol. The number of benzene rings is 1. The molecule has 0 aliphatic rings. The van der Waals surface area contributed by atoms with Gasteiger partial charge in [0.05, 0.1) is 4.88 Å². The number of carbonyl (C=O) groups excluding carboxylic acids is 1. The molecule has 3 heteroatoms. The molecule has 0 unspecified atom stereocenters. The van der Waals surface area contributed by atoms with E-state index in [4.69, 9.17) is 0 Å². The lowest BCUT2D eigenvalue weighted by Crippen LogP contribution is -1.91. The van der Waals surface area contributed by atoms with Gasteiger partial charge in [-0.05, 0) is 23.9 Å². The molecular formula is C11H9BrOS. The van der Waals surface area contributed by atoms with E-state index in [-0.39, 0.29) is 5.78 Å². The molecule has 1 aromatic carbocycles. The number of Topliss-reactive ketones (excluding diaryl/α,β-unsaturated/α-hetero) is 1. The fourth-order valence-electron chi connectivity index (χ4n) is 1.52. The number of carbonyl (C=O) groups is 1. The minimum absolute atomic E-state index is 0.153. The van der Waals surface area contributed by atoms with Crippen molar-refractivity contribution in [2.24, 2.45) is 0 Å². The van der Waals surface area contributed by atoms with Crippen LogP contribution in [0.2, 0.25) is 0 Å². The van der Waals surface area contributed by atoms with Gasteiger partial charge in [0.25, 0.3) is 0 Å². The van der Waals surface area contributed by atoms with Crippen LogP contribution in [0.1, 0.15) is 22.2 Å². The number of hydrogen-bond acceptors (Lipinski definition) is 2. The first-order valence-corrected chi connectivity index (χ1v) is 6.25. The van der Waals surface area contributed by atoms with Crippen molar-refractivity contribution < 1.29 is 4.79 Å². The van der Waals surface area contributed by atoms with Crippen molar-refractivity contribution in [1.82, 2.24) is 0 Å². The average Bonchev–Trinajstić information content (AvgIpc) is 2.56. The number of alkyl halides is 1. The maximum atomic E-state index is 11.4. The van der Waals surface area contributed by atoms with Gasteiger partial charge < -0.3 is 0 Å². The van der Waals surface area contributed by atoms with Gasteiger partial charge in [-0.15, -0.1) is 11.3 Å². The largest absolute Gasteiger partial charge is 0.294 e. The summed E-state index contributed by atoms with van der Waals surface area (Å²) < 4.78 is 1.19. The first-order chi connectivity index (χ1) is 6.74. The van der Waals surface area contributed by atoms with Gasteiger partial charge in [-0.2, -0.15) is 0 Å². The summed E-state index contributed by atoms with van der Waals surface area (Å²) in [5.41, 5.74) is 1.12. The Kier molecular flexibility index (Phi) is 2.70. The second kappa shape index (κ2) is 3.83. The van der Waals surface area contributed by atoms with Crippen LogP contribution >= 0.6 is 27.3 Å². The minimum atomic E-state index is 0.153. The summed E-state index contributed by atoms with van der Waals surface area (Å²) in [6.45, 7) is 1.62. The molecule has 0 saturated heterocycles. The normalized spacial score (nSPS) is 10.7. The Morgan fingerprint density at radius 3 is 2.79 bits per heavy atom. The molecule has 0 saturated carbocycles. The van der Waals surface area contributed by atoms with Crippen molar-refractivity contribution in [3.05, 3.63) is 34.7 Å². The zero-order chi connectivity index (χ0) is 10.1. The standard InChI is InChI=1S/C11H9BrOS/c1-7(13)11-9(6-12)8-4-2-3-5-10(8)14-11/h2-5H,6H2,1H3. The Hall–Kier alpha value is -0.670. The Bertz CT molecular complexity index is 487. The molecule has 2 rings (SSSR count). The number of hydrogen-bond donors (Lipinski definition) is 0. The third kappa shape index (κ3) is 1.51. The molecule has 0 atom stereocenters. The summed E-state index contributed by atoms with van der Waals surface area (Å²) in [5, 5.41) is 1.94. The summed E-state index contributed by atoms with van der Waals surface area (Å²) in [7, 11) is 0. The molecule has 0 spiro atoms. The highest BCUT2D eigenvalue weighted by Crippen LogP contribution is 2.32. The number of rotatable bonds is 2. The SMILES string of the molecule is CC(=O)c1sc2ccccc2c1CBr. The molecule has 14 heavy (non-hydrogen) atoms.